The Kier molecular flexibility index (Phi) is 3.58. The number of nitrogens with two attached hydrogens (primary N) is 1. The maximum Gasteiger partial charge on any atom is 0.221 e. The smallest absolute Gasteiger partial charge is 0.221 e. The molecule has 92 valence electrons. The fraction of sp³-hybridized carbons (Fsp3) is 0.500. The van der Waals surface area contributed by atoms with Gasteiger partial charge in [-0.2, -0.15) is 4.98 Å². The predicted molar refractivity (Wildman–Crippen MR) is 67.4 cm³/mol. The van der Waals surface area contributed by atoms with E-state index < -0.39 is 0 Å². The van der Waals surface area contributed by atoms with E-state index in [0.717, 1.165) is 30.4 Å². The summed E-state index contributed by atoms with van der Waals surface area (Å²) in [6, 6.07) is 1.99. The Balaban J connectivity index is 2.26. The average Bonchev–Trinajstić information content (AvgIpc) is 2.71. The number of nitrogens with zero attached hydrogens (tertiary/aromatic N) is 3. The van der Waals surface area contributed by atoms with Crippen molar-refractivity contribution >= 4 is 17.0 Å². The first-order valence-electron chi connectivity index (χ1n) is 5.92. The van der Waals surface area contributed by atoms with Crippen molar-refractivity contribution in [3.8, 4) is 0 Å². The quantitative estimate of drug-likeness (QED) is 0.820. The lowest BCUT2D eigenvalue weighted by Crippen LogP contribution is -2.11. The van der Waals surface area contributed by atoms with Gasteiger partial charge in [-0.3, -0.25) is 0 Å². The molecule has 2 aromatic heterocycles. The maximum absolute atomic E-state index is 9.00. The van der Waals surface area contributed by atoms with Gasteiger partial charge in [0.15, 0.2) is 0 Å². The number of rotatable bonds is 5. The number of anilines is 1. The number of aliphatic hydroxyl groups is 1. The number of hydrogen-bond acceptors (Lipinski definition) is 4. The van der Waals surface area contributed by atoms with E-state index in [9.17, 15) is 0 Å². The van der Waals surface area contributed by atoms with E-state index in [-0.39, 0.29) is 6.61 Å². The molecule has 0 spiro atoms. The van der Waals surface area contributed by atoms with E-state index in [1.807, 2.05) is 12.3 Å². The van der Waals surface area contributed by atoms with E-state index in [4.69, 9.17) is 10.8 Å². The third-order valence-corrected chi connectivity index (χ3v) is 3.09. The number of hydrogen-bond donors (Lipinski definition) is 2. The lowest BCUT2D eigenvalue weighted by molar-refractivity contribution is 0.244. The molecule has 2 rings (SSSR count). The first-order chi connectivity index (χ1) is 8.24. The molecule has 1 atom stereocenters. The Hall–Kier alpha value is -1.62. The van der Waals surface area contributed by atoms with Crippen LogP contribution in [0.1, 0.15) is 19.8 Å². The minimum absolute atomic E-state index is 0.231. The Labute approximate surface area is 100 Å². The molecule has 0 saturated carbocycles. The third kappa shape index (κ3) is 2.55. The fourth-order valence-electron chi connectivity index (χ4n) is 2.02. The van der Waals surface area contributed by atoms with Crippen LogP contribution in [0.4, 0.5) is 5.95 Å². The van der Waals surface area contributed by atoms with Gasteiger partial charge in [0.05, 0.1) is 0 Å². The van der Waals surface area contributed by atoms with Gasteiger partial charge >= 0.3 is 0 Å². The minimum Gasteiger partial charge on any atom is -0.396 e. The molecule has 3 N–H and O–H groups in total. The monoisotopic (exact) mass is 234 g/mol. The highest BCUT2D eigenvalue weighted by molar-refractivity contribution is 5.75. The summed E-state index contributed by atoms with van der Waals surface area (Å²) in [6.07, 6.45) is 5.59. The van der Waals surface area contributed by atoms with Gasteiger partial charge in [-0.15, -0.1) is 0 Å². The van der Waals surface area contributed by atoms with Crippen LogP contribution in [0.5, 0.6) is 0 Å². The van der Waals surface area contributed by atoms with Crippen LogP contribution in [-0.4, -0.2) is 26.2 Å². The molecule has 2 aromatic rings. The highest BCUT2D eigenvalue weighted by Crippen LogP contribution is 2.17. The molecule has 0 aliphatic rings. The standard InChI is InChI=1S/C12H18N4O/c1-2-9(4-6-17)8-16-5-3-10-7-14-12(13)15-11(10)16/h3,5,7,9,17H,2,4,6,8H2,1H3,(H2,13,14,15)/t9-/m1/s1. The maximum atomic E-state index is 9.00. The largest absolute Gasteiger partial charge is 0.396 e. The third-order valence-electron chi connectivity index (χ3n) is 3.09. The van der Waals surface area contributed by atoms with E-state index in [1.165, 1.54) is 0 Å². The molecule has 17 heavy (non-hydrogen) atoms. The Morgan fingerprint density at radius 2 is 2.35 bits per heavy atom. The van der Waals surface area contributed by atoms with Crippen LogP contribution >= 0.6 is 0 Å². The Bertz CT molecular complexity index is 494. The summed E-state index contributed by atoms with van der Waals surface area (Å²) in [5.41, 5.74) is 6.47. The second kappa shape index (κ2) is 5.14. The van der Waals surface area contributed by atoms with Gasteiger partial charge in [0, 0.05) is 30.9 Å². The molecule has 0 aliphatic heterocycles. The van der Waals surface area contributed by atoms with Crippen molar-refractivity contribution in [2.24, 2.45) is 5.92 Å². The second-order valence-electron chi connectivity index (χ2n) is 4.26. The van der Waals surface area contributed by atoms with Gasteiger partial charge in [-0.1, -0.05) is 13.3 Å². The van der Waals surface area contributed by atoms with E-state index in [0.29, 0.717) is 11.9 Å². The lowest BCUT2D eigenvalue weighted by Gasteiger charge is -2.14. The molecule has 0 unspecified atom stereocenters. The zero-order chi connectivity index (χ0) is 12.3. The van der Waals surface area contributed by atoms with Crippen LogP contribution in [0.15, 0.2) is 18.5 Å². The van der Waals surface area contributed by atoms with Gasteiger partial charge in [0.25, 0.3) is 0 Å². The highest BCUT2D eigenvalue weighted by Gasteiger charge is 2.10. The highest BCUT2D eigenvalue weighted by atomic mass is 16.3. The topological polar surface area (TPSA) is 77.0 Å². The van der Waals surface area contributed by atoms with E-state index in [2.05, 4.69) is 21.5 Å². The Morgan fingerprint density at radius 3 is 3.06 bits per heavy atom. The van der Waals surface area contributed by atoms with Crippen LogP contribution in [0, 0.1) is 5.92 Å². The van der Waals surface area contributed by atoms with Crippen molar-refractivity contribution in [3.63, 3.8) is 0 Å². The Morgan fingerprint density at radius 1 is 1.53 bits per heavy atom. The van der Waals surface area contributed by atoms with Gasteiger partial charge in [-0.05, 0) is 18.4 Å². The van der Waals surface area contributed by atoms with Crippen molar-refractivity contribution in [1.82, 2.24) is 14.5 Å². The van der Waals surface area contributed by atoms with Gasteiger partial charge < -0.3 is 15.4 Å². The van der Waals surface area contributed by atoms with Gasteiger partial charge in [0.1, 0.15) is 5.65 Å². The van der Waals surface area contributed by atoms with Crippen LogP contribution in [0.2, 0.25) is 0 Å². The molecule has 0 aliphatic carbocycles. The van der Waals surface area contributed by atoms with Crippen LogP contribution < -0.4 is 5.73 Å². The second-order valence-corrected chi connectivity index (χ2v) is 4.26. The summed E-state index contributed by atoms with van der Waals surface area (Å²) in [7, 11) is 0. The summed E-state index contributed by atoms with van der Waals surface area (Å²) in [4.78, 5) is 8.22. The van der Waals surface area contributed by atoms with E-state index in [1.54, 1.807) is 6.20 Å². The molecule has 0 bridgehead atoms. The summed E-state index contributed by atoms with van der Waals surface area (Å²) >= 11 is 0. The molecule has 0 saturated heterocycles. The van der Waals surface area contributed by atoms with Crippen LogP contribution in [0.3, 0.4) is 0 Å². The molecule has 0 fully saturated rings. The predicted octanol–water partition coefficient (Wildman–Crippen LogP) is 1.42. The number of aliphatic hydroxyl groups excluding tert-OH is 1. The fourth-order valence-corrected chi connectivity index (χ4v) is 2.02. The molecular formula is C12H18N4O. The number of nitrogen functional groups attached to an aromatic ring is 1. The van der Waals surface area contributed by atoms with Crippen molar-refractivity contribution in [1.29, 1.82) is 0 Å². The molecule has 2 heterocycles. The molecular weight excluding hydrogens is 216 g/mol. The first-order valence-corrected chi connectivity index (χ1v) is 5.92. The lowest BCUT2D eigenvalue weighted by atomic mass is 10.0. The molecule has 0 radical (unpaired) electrons. The normalized spacial score (nSPS) is 13.1. The minimum atomic E-state index is 0.231. The SMILES string of the molecule is CC[C@H](CCO)Cn1ccc2cnc(N)nc21. The zero-order valence-electron chi connectivity index (χ0n) is 10.0. The summed E-state index contributed by atoms with van der Waals surface area (Å²) in [5.74, 6) is 0.763. The van der Waals surface area contributed by atoms with Crippen molar-refractivity contribution in [2.75, 3.05) is 12.3 Å². The zero-order valence-corrected chi connectivity index (χ0v) is 10.0. The van der Waals surface area contributed by atoms with Crippen molar-refractivity contribution < 1.29 is 5.11 Å². The first kappa shape index (κ1) is 11.9. The van der Waals surface area contributed by atoms with Crippen LogP contribution in [0.25, 0.3) is 11.0 Å². The van der Waals surface area contributed by atoms with Gasteiger partial charge in [0.2, 0.25) is 5.95 Å². The number of fused-ring (bicyclic) bond motifs is 1. The van der Waals surface area contributed by atoms with Gasteiger partial charge in [-0.25, -0.2) is 4.98 Å². The summed E-state index contributed by atoms with van der Waals surface area (Å²) in [6.45, 7) is 3.22. The summed E-state index contributed by atoms with van der Waals surface area (Å²) < 4.78 is 2.08. The van der Waals surface area contributed by atoms with Crippen molar-refractivity contribution in [3.05, 3.63) is 18.5 Å². The molecule has 0 amide bonds. The van der Waals surface area contributed by atoms with Crippen molar-refractivity contribution in [2.45, 2.75) is 26.3 Å². The molecule has 5 heteroatoms. The van der Waals surface area contributed by atoms with Crippen LogP contribution in [-0.2, 0) is 6.54 Å². The average molecular weight is 234 g/mol. The van der Waals surface area contributed by atoms with E-state index >= 15 is 0 Å². The molecule has 5 nitrogen and oxygen atoms in total. The number of aromatic nitrogens is 3. The summed E-state index contributed by atoms with van der Waals surface area (Å²) in [5, 5.41) is 10.00. The molecule has 0 aromatic carbocycles.